The van der Waals surface area contributed by atoms with Gasteiger partial charge in [0.25, 0.3) is 0 Å². The third kappa shape index (κ3) is 2.98. The van der Waals surface area contributed by atoms with E-state index >= 15 is 0 Å². The highest BCUT2D eigenvalue weighted by molar-refractivity contribution is 5.73. The maximum atomic E-state index is 11.5. The van der Waals surface area contributed by atoms with E-state index in [-0.39, 0.29) is 0 Å². The Labute approximate surface area is 141 Å². The Balaban J connectivity index is 2.76. The van der Waals surface area contributed by atoms with Gasteiger partial charge >= 0.3 is 11.9 Å². The standard InChI is InChI=1S/C18H24O6/c1-8-9(2)15-13(10(3)14(8)22-11(4)19)16(23-12(5)20)17(21)18(6,7)24-15/h16-17,21H,1-7H3/t16-,17-/m1/s1. The average Bonchev–Trinajstić information content (AvgIpc) is 2.45. The minimum absolute atomic E-state index is 0.409. The van der Waals surface area contributed by atoms with Crippen LogP contribution in [0.3, 0.4) is 0 Å². The van der Waals surface area contributed by atoms with Gasteiger partial charge in [0.05, 0.1) is 0 Å². The SMILES string of the molecule is CC(=O)Oc1c(C)c(C)c2c(c1C)[C@@H](OC(C)=O)[C@@H](O)C(C)(C)O2. The van der Waals surface area contributed by atoms with Gasteiger partial charge in [-0.25, -0.2) is 0 Å². The second-order valence-electron chi connectivity index (χ2n) is 6.72. The number of aliphatic hydroxyl groups is 1. The smallest absolute Gasteiger partial charge is 0.308 e. The van der Waals surface area contributed by atoms with Crippen molar-refractivity contribution in [3.05, 3.63) is 22.3 Å². The zero-order chi connectivity index (χ0) is 18.4. The highest BCUT2D eigenvalue weighted by Crippen LogP contribution is 2.49. The van der Waals surface area contributed by atoms with Crippen LogP contribution in [0.15, 0.2) is 0 Å². The van der Waals surface area contributed by atoms with Crippen molar-refractivity contribution in [2.45, 2.75) is 66.3 Å². The molecule has 0 spiro atoms. The minimum Gasteiger partial charge on any atom is -0.484 e. The van der Waals surface area contributed by atoms with Crippen molar-refractivity contribution >= 4 is 11.9 Å². The Kier molecular flexibility index (Phi) is 4.63. The minimum atomic E-state index is -1.06. The molecule has 0 saturated carbocycles. The van der Waals surface area contributed by atoms with E-state index < -0.39 is 29.7 Å². The number of benzene rings is 1. The first-order valence-electron chi connectivity index (χ1n) is 7.83. The summed E-state index contributed by atoms with van der Waals surface area (Å²) < 4.78 is 16.8. The van der Waals surface area contributed by atoms with Gasteiger partial charge in [0.1, 0.15) is 23.2 Å². The number of carbonyl (C=O) groups is 2. The lowest BCUT2D eigenvalue weighted by molar-refractivity contribution is -0.168. The summed E-state index contributed by atoms with van der Waals surface area (Å²) in [4.78, 5) is 23.0. The molecule has 1 heterocycles. The maximum absolute atomic E-state index is 11.5. The molecule has 6 nitrogen and oxygen atoms in total. The first-order chi connectivity index (χ1) is 11.0. The summed E-state index contributed by atoms with van der Waals surface area (Å²) in [7, 11) is 0. The number of ether oxygens (including phenoxy) is 3. The van der Waals surface area contributed by atoms with Crippen LogP contribution in [0.2, 0.25) is 0 Å². The summed E-state index contributed by atoms with van der Waals surface area (Å²) in [6.45, 7) is 11.5. The van der Waals surface area contributed by atoms with Crippen LogP contribution in [0, 0.1) is 20.8 Å². The Morgan fingerprint density at radius 1 is 1.04 bits per heavy atom. The molecule has 0 unspecified atom stereocenters. The molecule has 0 saturated heterocycles. The number of fused-ring (bicyclic) bond motifs is 1. The molecule has 0 bridgehead atoms. The summed E-state index contributed by atoms with van der Waals surface area (Å²) in [5.74, 6) is 0.0189. The first-order valence-corrected chi connectivity index (χ1v) is 7.83. The fourth-order valence-corrected chi connectivity index (χ4v) is 3.04. The van der Waals surface area contributed by atoms with Crippen molar-refractivity contribution in [3.63, 3.8) is 0 Å². The molecule has 24 heavy (non-hydrogen) atoms. The van der Waals surface area contributed by atoms with E-state index in [4.69, 9.17) is 14.2 Å². The highest BCUT2D eigenvalue weighted by atomic mass is 16.6. The lowest BCUT2D eigenvalue weighted by Crippen LogP contribution is -2.50. The topological polar surface area (TPSA) is 82.1 Å². The molecule has 0 radical (unpaired) electrons. The van der Waals surface area contributed by atoms with E-state index in [2.05, 4.69) is 0 Å². The number of aliphatic hydroxyl groups excluding tert-OH is 1. The molecule has 1 aliphatic rings. The Bertz CT molecular complexity index is 704. The van der Waals surface area contributed by atoms with E-state index in [1.807, 2.05) is 13.8 Å². The molecule has 0 amide bonds. The van der Waals surface area contributed by atoms with Crippen molar-refractivity contribution in [1.29, 1.82) is 0 Å². The van der Waals surface area contributed by atoms with E-state index in [1.54, 1.807) is 20.8 Å². The third-order valence-electron chi connectivity index (χ3n) is 4.42. The monoisotopic (exact) mass is 336 g/mol. The van der Waals surface area contributed by atoms with E-state index in [1.165, 1.54) is 13.8 Å². The summed E-state index contributed by atoms with van der Waals surface area (Å²) in [5.41, 5.74) is 1.78. The van der Waals surface area contributed by atoms with Crippen LogP contribution in [0.4, 0.5) is 0 Å². The maximum Gasteiger partial charge on any atom is 0.308 e. The second-order valence-corrected chi connectivity index (χ2v) is 6.72. The third-order valence-corrected chi connectivity index (χ3v) is 4.42. The van der Waals surface area contributed by atoms with Gasteiger partial charge in [-0.2, -0.15) is 0 Å². The van der Waals surface area contributed by atoms with Crippen LogP contribution in [-0.4, -0.2) is 28.8 Å². The van der Waals surface area contributed by atoms with Gasteiger partial charge < -0.3 is 19.3 Å². The molecule has 6 heteroatoms. The molecule has 0 fully saturated rings. The summed E-state index contributed by atoms with van der Waals surface area (Å²) in [6.07, 6.45) is -1.95. The molecular weight excluding hydrogens is 312 g/mol. The van der Waals surface area contributed by atoms with Gasteiger partial charge in [-0.05, 0) is 45.7 Å². The molecule has 1 N–H and O–H groups in total. The number of carbonyl (C=O) groups excluding carboxylic acids is 2. The summed E-state index contributed by atoms with van der Waals surface area (Å²) in [5, 5.41) is 10.6. The van der Waals surface area contributed by atoms with Crippen LogP contribution in [0.25, 0.3) is 0 Å². The largest absolute Gasteiger partial charge is 0.484 e. The van der Waals surface area contributed by atoms with Crippen molar-refractivity contribution in [1.82, 2.24) is 0 Å². The zero-order valence-corrected chi connectivity index (χ0v) is 15.1. The molecule has 2 rings (SSSR count). The van der Waals surface area contributed by atoms with Crippen LogP contribution in [0.1, 0.15) is 56.1 Å². The number of hydrogen-bond donors (Lipinski definition) is 1. The van der Waals surface area contributed by atoms with Crippen LogP contribution >= 0.6 is 0 Å². The Morgan fingerprint density at radius 2 is 1.62 bits per heavy atom. The number of hydrogen-bond acceptors (Lipinski definition) is 6. The molecule has 0 aromatic heterocycles. The molecular formula is C18H24O6. The molecule has 1 aromatic rings. The zero-order valence-electron chi connectivity index (χ0n) is 15.1. The number of esters is 2. The van der Waals surface area contributed by atoms with E-state index in [9.17, 15) is 14.7 Å². The van der Waals surface area contributed by atoms with Crippen LogP contribution in [0.5, 0.6) is 11.5 Å². The molecule has 1 aromatic carbocycles. The number of rotatable bonds is 2. The molecule has 0 aliphatic carbocycles. The first kappa shape index (κ1) is 18.3. The van der Waals surface area contributed by atoms with Gasteiger partial charge in [0.2, 0.25) is 0 Å². The summed E-state index contributed by atoms with van der Waals surface area (Å²) >= 11 is 0. The van der Waals surface area contributed by atoms with Gasteiger partial charge in [-0.1, -0.05) is 0 Å². The molecule has 132 valence electrons. The van der Waals surface area contributed by atoms with Crippen molar-refractivity contribution in [3.8, 4) is 11.5 Å². The highest BCUT2D eigenvalue weighted by Gasteiger charge is 2.47. The van der Waals surface area contributed by atoms with Gasteiger partial charge in [-0.15, -0.1) is 0 Å². The van der Waals surface area contributed by atoms with Crippen LogP contribution in [-0.2, 0) is 14.3 Å². The fourth-order valence-electron chi connectivity index (χ4n) is 3.04. The average molecular weight is 336 g/mol. The lowest BCUT2D eigenvalue weighted by Gasteiger charge is -2.43. The van der Waals surface area contributed by atoms with Crippen molar-refractivity contribution in [2.75, 3.05) is 0 Å². The second kappa shape index (κ2) is 6.09. The van der Waals surface area contributed by atoms with E-state index in [0.717, 1.165) is 11.1 Å². The predicted molar refractivity (Wildman–Crippen MR) is 87.2 cm³/mol. The normalized spacial score (nSPS) is 21.5. The van der Waals surface area contributed by atoms with Crippen LogP contribution < -0.4 is 9.47 Å². The lowest BCUT2D eigenvalue weighted by atomic mass is 9.83. The van der Waals surface area contributed by atoms with E-state index in [0.29, 0.717) is 22.6 Å². The van der Waals surface area contributed by atoms with Crippen molar-refractivity contribution < 1.29 is 28.9 Å². The van der Waals surface area contributed by atoms with Gasteiger partial charge in [0, 0.05) is 25.0 Å². The fraction of sp³-hybridized carbons (Fsp3) is 0.556. The predicted octanol–water partition coefficient (Wildman–Crippen LogP) is 2.67. The van der Waals surface area contributed by atoms with Gasteiger partial charge in [-0.3, -0.25) is 9.59 Å². The Hall–Kier alpha value is -2.08. The van der Waals surface area contributed by atoms with Crippen molar-refractivity contribution in [2.24, 2.45) is 0 Å². The Morgan fingerprint density at radius 3 is 2.12 bits per heavy atom. The molecule has 1 aliphatic heterocycles. The molecule has 2 atom stereocenters. The summed E-state index contributed by atoms with van der Waals surface area (Å²) in [6, 6.07) is 0. The quantitative estimate of drug-likeness (QED) is 0.660. The van der Waals surface area contributed by atoms with Gasteiger partial charge in [0.15, 0.2) is 6.10 Å².